The molecule has 6 rings (SSSR count). The predicted octanol–water partition coefficient (Wildman–Crippen LogP) is 10.9. The Morgan fingerprint density at radius 2 is 0.804 bits per heavy atom. The molecule has 6 fully saturated rings. The number of morpholine rings is 2. The van der Waals surface area contributed by atoms with Crippen LogP contribution in [0.25, 0.3) is 0 Å². The van der Waals surface area contributed by atoms with Crippen LogP contribution in [0, 0.1) is 0 Å². The summed E-state index contributed by atoms with van der Waals surface area (Å²) in [6.45, 7) is 13.0. The van der Waals surface area contributed by atoms with Gasteiger partial charge < -0.3 is 9.47 Å². The number of nitrogens with zero attached hydrogens (tertiary/aromatic N) is 2. The molecule has 270 valence electrons. The van der Waals surface area contributed by atoms with E-state index in [2.05, 4.69) is 9.34 Å². The summed E-state index contributed by atoms with van der Waals surface area (Å²) in [4.78, 5) is 0. The van der Waals surface area contributed by atoms with E-state index in [9.17, 15) is 0 Å². The van der Waals surface area contributed by atoms with Crippen LogP contribution in [0.15, 0.2) is 11.6 Å². The second-order valence-electron chi connectivity index (χ2n) is 15.0. The van der Waals surface area contributed by atoms with Crippen LogP contribution in [-0.2, 0) is 23.0 Å². The van der Waals surface area contributed by atoms with E-state index < -0.39 is 13.5 Å². The molecule has 2 saturated heterocycles. The van der Waals surface area contributed by atoms with E-state index in [1.807, 2.05) is 24.5 Å². The van der Waals surface area contributed by atoms with Gasteiger partial charge in [-0.25, -0.2) is 0 Å². The molecule has 0 N–H and O–H groups in total. The van der Waals surface area contributed by atoms with Crippen LogP contribution in [0.5, 0.6) is 0 Å². The van der Waals surface area contributed by atoms with Gasteiger partial charge in [0.1, 0.15) is 0 Å². The first-order valence-electron chi connectivity index (χ1n) is 19.4. The normalized spacial score (nSPS) is 25.7. The average molecular weight is 809 g/mol. The summed E-state index contributed by atoms with van der Waals surface area (Å²) in [6.07, 6.45) is 32.4. The van der Waals surface area contributed by atoms with Gasteiger partial charge in [-0.15, -0.1) is 0 Å². The van der Waals surface area contributed by atoms with Crippen LogP contribution in [-0.4, -0.2) is 89.2 Å². The predicted molar refractivity (Wildman–Crippen MR) is 206 cm³/mol. The van der Waals surface area contributed by atoms with Crippen molar-refractivity contribution in [2.24, 2.45) is 0 Å². The number of hydrogen-bond donors (Lipinski definition) is 0. The maximum absolute atomic E-state index is 5.60. The van der Waals surface area contributed by atoms with Gasteiger partial charge >= 0.3 is 63.0 Å². The zero-order valence-electron chi connectivity index (χ0n) is 29.6. The maximum atomic E-state index is 5.60. The molecule has 4 saturated carbocycles. The topological polar surface area (TPSA) is 24.9 Å². The van der Waals surface area contributed by atoms with E-state index in [1.165, 1.54) is 109 Å². The Hall–Kier alpha value is 1.51. The summed E-state index contributed by atoms with van der Waals surface area (Å²) in [5, 5.41) is 0. The first-order chi connectivity index (χ1) is 22.5. The molecule has 0 aromatic heterocycles. The van der Waals surface area contributed by atoms with Gasteiger partial charge in [-0.05, 0) is 103 Å². The molecule has 2 aliphatic heterocycles. The second-order valence-corrected chi connectivity index (χ2v) is 27.0. The van der Waals surface area contributed by atoms with Crippen LogP contribution in [0.2, 0.25) is 0 Å². The third-order valence-corrected chi connectivity index (χ3v) is 21.1. The molecule has 9 heteroatoms. The van der Waals surface area contributed by atoms with E-state index >= 15 is 0 Å². The van der Waals surface area contributed by atoms with Crippen molar-refractivity contribution in [2.45, 2.75) is 165 Å². The molecule has 0 bridgehead atoms. The summed E-state index contributed by atoms with van der Waals surface area (Å²) in [5.41, 5.74) is 5.63. The monoisotopic (exact) mass is 808 g/mol. The molecule has 0 atom stereocenters. The minimum atomic E-state index is -1.52. The van der Waals surface area contributed by atoms with Crippen molar-refractivity contribution in [3.8, 4) is 0 Å². The number of allylic oxidation sites excluding steroid dienone is 2. The molecular formula is C37H70Cl2N2O2P2Ru+2. The van der Waals surface area contributed by atoms with Gasteiger partial charge in [-0.3, -0.25) is 0 Å². The molecular weight excluding hydrogens is 738 g/mol. The Balaban J connectivity index is 0.000000170. The fourth-order valence-electron chi connectivity index (χ4n) is 9.10. The zero-order valence-corrected chi connectivity index (χ0v) is 34.8. The molecule has 0 aromatic rings. The van der Waals surface area contributed by atoms with Crippen molar-refractivity contribution in [3.63, 3.8) is 0 Å². The Morgan fingerprint density at radius 3 is 1.02 bits per heavy atom. The molecule has 2 heterocycles. The van der Waals surface area contributed by atoms with Crippen LogP contribution in [0.3, 0.4) is 0 Å². The molecule has 4 aliphatic carbocycles. The third kappa shape index (κ3) is 14.6. The number of ether oxygens (including phenoxy) is 2. The van der Waals surface area contributed by atoms with Crippen LogP contribution < -0.4 is 0 Å². The van der Waals surface area contributed by atoms with Crippen molar-refractivity contribution >= 4 is 40.1 Å². The van der Waals surface area contributed by atoms with E-state index in [1.54, 1.807) is 51.4 Å². The van der Waals surface area contributed by atoms with E-state index in [0.29, 0.717) is 0 Å². The number of hydrogen-bond acceptors (Lipinski definition) is 4. The van der Waals surface area contributed by atoms with Crippen LogP contribution >= 0.6 is 35.5 Å². The van der Waals surface area contributed by atoms with Crippen LogP contribution in [0.1, 0.15) is 142 Å². The minimum absolute atomic E-state index is 0.293. The number of halogens is 2. The molecule has 0 spiro atoms. The zero-order chi connectivity index (χ0) is 32.4. The molecule has 4 nitrogen and oxygen atoms in total. The molecule has 0 radical (unpaired) electrons. The van der Waals surface area contributed by atoms with E-state index in [0.717, 1.165) is 49.1 Å². The van der Waals surface area contributed by atoms with Crippen molar-refractivity contribution in [1.82, 2.24) is 9.34 Å². The fraction of sp³-hybridized carbons (Fsp3) is 0.919. The molecule has 46 heavy (non-hydrogen) atoms. The SMILES string of the molecule is C1CCC([PH+](C2CCCCC2)N2CCOCC2)CC1.C1CCC([PH+](C2CCCCC2)N2CCOCC2)CC1.CC(C)=C[CH]=[Ru]([Cl])[Cl]. The van der Waals surface area contributed by atoms with Crippen molar-refractivity contribution in [1.29, 1.82) is 0 Å². The standard InChI is InChI=1S/2C16H30NOP.C5H8.2ClH.Ru/c2*1-3-7-15(8-4-1)19(16-9-5-2-6-10-16)17-11-13-18-14-12-17;1-4-5(2)3;;;/h2*15-16H,1-14H2;1,4H,2-3H3;2*1H;/q;;;;;+2. The summed E-state index contributed by atoms with van der Waals surface area (Å²) < 4.78 is 18.9. The Kier molecular flexibility index (Phi) is 20.9. The van der Waals surface area contributed by atoms with Gasteiger partial charge in [-0.2, -0.15) is 9.34 Å². The molecule has 0 amide bonds. The third-order valence-electron chi connectivity index (χ3n) is 11.3. The van der Waals surface area contributed by atoms with Crippen molar-refractivity contribution in [3.05, 3.63) is 11.6 Å². The molecule has 0 unspecified atom stereocenters. The van der Waals surface area contributed by atoms with Gasteiger partial charge in [0.25, 0.3) is 0 Å². The van der Waals surface area contributed by atoms with Gasteiger partial charge in [-0.1, -0.05) is 25.7 Å². The van der Waals surface area contributed by atoms with Gasteiger partial charge in [0.2, 0.25) is 0 Å². The Morgan fingerprint density at radius 1 is 0.522 bits per heavy atom. The summed E-state index contributed by atoms with van der Waals surface area (Å²) in [5.74, 6) is 0. The van der Waals surface area contributed by atoms with E-state index in [4.69, 9.17) is 28.9 Å². The molecule has 6 aliphatic rings. The first kappa shape index (κ1) is 40.3. The second kappa shape index (κ2) is 23.9. The van der Waals surface area contributed by atoms with Crippen molar-refractivity contribution < 1.29 is 23.0 Å². The average Bonchev–Trinajstić information content (AvgIpc) is 3.11. The summed E-state index contributed by atoms with van der Waals surface area (Å²) in [7, 11) is 10.5. The first-order valence-corrected chi connectivity index (χ1v) is 28.1. The Labute approximate surface area is 300 Å². The summed E-state index contributed by atoms with van der Waals surface area (Å²) in [6, 6.07) is 0. The Bertz CT molecular complexity index is 700. The van der Waals surface area contributed by atoms with Crippen molar-refractivity contribution in [2.75, 3.05) is 52.6 Å². The van der Waals surface area contributed by atoms with Gasteiger partial charge in [0.15, 0.2) is 0 Å². The van der Waals surface area contributed by atoms with Crippen LogP contribution in [0.4, 0.5) is 0 Å². The van der Waals surface area contributed by atoms with E-state index in [-0.39, 0.29) is 16.1 Å². The number of rotatable bonds is 7. The summed E-state index contributed by atoms with van der Waals surface area (Å²) >= 11 is -1.52. The fourth-order valence-corrected chi connectivity index (χ4v) is 19.2. The van der Waals surface area contributed by atoms with Gasteiger partial charge in [0, 0.05) is 0 Å². The molecule has 0 aromatic carbocycles. The quantitative estimate of drug-likeness (QED) is 0.189. The van der Waals surface area contributed by atoms with Gasteiger partial charge in [0.05, 0.1) is 91.4 Å².